The van der Waals surface area contributed by atoms with E-state index in [1.54, 1.807) is 24.3 Å². The fraction of sp³-hybridized carbons (Fsp3) is 0.300. The van der Waals surface area contributed by atoms with Crippen molar-refractivity contribution in [3.63, 3.8) is 0 Å². The number of pyridine rings is 1. The standard InChI is InChI=1S/C30H25ClF6N4O3/c31-23-4-1-3-21(24-5-2-6-25(39-24)41-27(30(35,36)37)22(15-38-41)28(42)43)26(23)44-16-18-7-9-19(10-8-18)20-11-13-40(14-12-20)17-29(32,33)34/h1-10,15,20H,11-14,16-17H2,(H,42,43). The third-order valence-corrected chi connectivity index (χ3v) is 7.58. The van der Waals surface area contributed by atoms with Crippen LogP contribution in [0.5, 0.6) is 5.75 Å². The van der Waals surface area contributed by atoms with Gasteiger partial charge in [0.1, 0.15) is 17.9 Å². The van der Waals surface area contributed by atoms with E-state index in [0.717, 1.165) is 11.1 Å². The summed E-state index contributed by atoms with van der Waals surface area (Å²) in [5, 5.41) is 13.1. The summed E-state index contributed by atoms with van der Waals surface area (Å²) in [6.45, 7) is -0.0557. The first-order chi connectivity index (χ1) is 20.8. The van der Waals surface area contributed by atoms with Gasteiger partial charge in [-0.2, -0.15) is 31.4 Å². The van der Waals surface area contributed by atoms with E-state index < -0.39 is 36.1 Å². The largest absolute Gasteiger partial charge is 0.487 e. The smallest absolute Gasteiger partial charge is 0.434 e. The van der Waals surface area contributed by atoms with Gasteiger partial charge >= 0.3 is 18.3 Å². The van der Waals surface area contributed by atoms with Crippen molar-refractivity contribution in [1.82, 2.24) is 19.7 Å². The van der Waals surface area contributed by atoms with Crippen LogP contribution in [-0.2, 0) is 12.8 Å². The number of carboxylic acids is 1. The van der Waals surface area contributed by atoms with E-state index >= 15 is 0 Å². The lowest BCUT2D eigenvalue weighted by Crippen LogP contribution is -2.39. The lowest BCUT2D eigenvalue weighted by atomic mass is 9.89. The maximum absolute atomic E-state index is 13.8. The molecule has 0 radical (unpaired) electrons. The van der Waals surface area contributed by atoms with Crippen LogP contribution in [0.25, 0.3) is 17.1 Å². The van der Waals surface area contributed by atoms with E-state index in [4.69, 9.17) is 16.3 Å². The Bertz CT molecular complexity index is 1630. The van der Waals surface area contributed by atoms with Gasteiger partial charge in [-0.1, -0.05) is 48.0 Å². The number of ether oxygens (including phenoxy) is 1. The Kier molecular flexibility index (Phi) is 8.89. The zero-order valence-corrected chi connectivity index (χ0v) is 23.6. The fourth-order valence-electron chi connectivity index (χ4n) is 5.22. The van der Waals surface area contributed by atoms with Gasteiger partial charge in [-0.3, -0.25) is 4.90 Å². The van der Waals surface area contributed by atoms with Crippen LogP contribution in [-0.4, -0.2) is 56.6 Å². The molecule has 0 saturated carbocycles. The van der Waals surface area contributed by atoms with Crippen LogP contribution in [0, 0.1) is 0 Å². The maximum Gasteiger partial charge on any atom is 0.434 e. The second-order valence-corrected chi connectivity index (χ2v) is 10.7. The molecule has 44 heavy (non-hydrogen) atoms. The monoisotopic (exact) mass is 638 g/mol. The molecule has 2 aromatic heterocycles. The van der Waals surface area contributed by atoms with Crippen LogP contribution >= 0.6 is 11.6 Å². The van der Waals surface area contributed by atoms with Crippen molar-refractivity contribution in [2.45, 2.75) is 37.7 Å². The molecule has 1 N–H and O–H groups in total. The van der Waals surface area contributed by atoms with Gasteiger partial charge in [0.2, 0.25) is 0 Å². The summed E-state index contributed by atoms with van der Waals surface area (Å²) in [5.74, 6) is -1.64. The number of para-hydroxylation sites is 1. The second kappa shape index (κ2) is 12.5. The Morgan fingerprint density at radius 2 is 1.66 bits per heavy atom. The molecule has 1 aliphatic rings. The minimum absolute atomic E-state index is 0.0973. The third-order valence-electron chi connectivity index (χ3n) is 7.29. The van der Waals surface area contributed by atoms with Gasteiger partial charge in [-0.15, -0.1) is 0 Å². The Hall–Kier alpha value is -4.10. The minimum atomic E-state index is -5.01. The Morgan fingerprint density at radius 1 is 0.977 bits per heavy atom. The van der Waals surface area contributed by atoms with Crippen molar-refractivity contribution in [3.05, 3.63) is 94.3 Å². The van der Waals surface area contributed by atoms with Gasteiger partial charge in [0, 0.05) is 5.56 Å². The van der Waals surface area contributed by atoms with Crippen molar-refractivity contribution >= 4 is 17.6 Å². The number of aromatic carboxylic acids is 1. The average Bonchev–Trinajstić information content (AvgIpc) is 3.43. The Balaban J connectivity index is 1.32. The molecule has 3 heterocycles. The molecular weight excluding hydrogens is 614 g/mol. The number of nitrogens with zero attached hydrogens (tertiary/aromatic N) is 4. The van der Waals surface area contributed by atoms with Gasteiger partial charge in [-0.25, -0.2) is 14.5 Å². The molecule has 1 saturated heterocycles. The first kappa shape index (κ1) is 31.3. The van der Waals surface area contributed by atoms with E-state index in [-0.39, 0.29) is 34.8 Å². The van der Waals surface area contributed by atoms with E-state index in [2.05, 4.69) is 10.1 Å². The normalized spacial score (nSPS) is 15.0. The van der Waals surface area contributed by atoms with E-state index in [1.165, 1.54) is 17.0 Å². The summed E-state index contributed by atoms with van der Waals surface area (Å²) < 4.78 is 85.8. The van der Waals surface area contributed by atoms with Crippen molar-refractivity contribution in [2.24, 2.45) is 0 Å². The molecule has 1 fully saturated rings. The molecular formula is C30H25ClF6N4O3. The first-order valence-electron chi connectivity index (χ1n) is 13.5. The molecule has 4 aromatic rings. The number of alkyl halides is 6. The molecule has 14 heteroatoms. The highest BCUT2D eigenvalue weighted by Crippen LogP contribution is 2.38. The molecule has 0 spiro atoms. The summed E-state index contributed by atoms with van der Waals surface area (Å²) in [7, 11) is 0. The number of aromatic nitrogens is 3. The molecule has 0 aliphatic carbocycles. The number of hydrogen-bond donors (Lipinski definition) is 1. The topological polar surface area (TPSA) is 80.5 Å². The number of piperidine rings is 1. The number of likely N-dealkylation sites (tertiary alicyclic amines) is 1. The van der Waals surface area contributed by atoms with Gasteiger partial charge < -0.3 is 9.84 Å². The Morgan fingerprint density at radius 3 is 2.30 bits per heavy atom. The predicted molar refractivity (Wildman–Crippen MR) is 149 cm³/mol. The lowest BCUT2D eigenvalue weighted by molar-refractivity contribution is -0.148. The van der Waals surface area contributed by atoms with E-state index in [1.807, 2.05) is 24.3 Å². The molecule has 0 atom stereocenters. The van der Waals surface area contributed by atoms with Crippen molar-refractivity contribution < 1.29 is 41.0 Å². The van der Waals surface area contributed by atoms with Crippen molar-refractivity contribution in [2.75, 3.05) is 19.6 Å². The maximum atomic E-state index is 13.8. The van der Waals surface area contributed by atoms with E-state index in [0.29, 0.717) is 42.4 Å². The summed E-state index contributed by atoms with van der Waals surface area (Å²) in [6.07, 6.45) is -7.34. The van der Waals surface area contributed by atoms with Gasteiger partial charge in [-0.05, 0) is 67.2 Å². The molecule has 0 bridgehead atoms. The third kappa shape index (κ3) is 7.16. The number of carbonyl (C=O) groups is 1. The number of benzene rings is 2. The molecule has 7 nitrogen and oxygen atoms in total. The SMILES string of the molecule is O=C(O)c1cnn(-c2cccc(-c3cccc(Cl)c3OCc3ccc(C4CCN(CC(F)(F)F)CC4)cc3)n2)c1C(F)(F)F. The zero-order valence-electron chi connectivity index (χ0n) is 22.9. The second-order valence-electron chi connectivity index (χ2n) is 10.3. The van der Waals surface area contributed by atoms with Crippen LogP contribution in [0.1, 0.15) is 45.9 Å². The van der Waals surface area contributed by atoms with Gasteiger partial charge in [0.05, 0.1) is 23.5 Å². The molecule has 1 aliphatic heterocycles. The number of hydrogen-bond acceptors (Lipinski definition) is 5. The van der Waals surface area contributed by atoms with Gasteiger partial charge in [0.15, 0.2) is 11.5 Å². The number of rotatable bonds is 8. The summed E-state index contributed by atoms with van der Waals surface area (Å²) in [4.78, 5) is 17.1. The minimum Gasteiger partial charge on any atom is -0.487 e. The fourth-order valence-corrected chi connectivity index (χ4v) is 5.45. The molecule has 2 aromatic carbocycles. The van der Waals surface area contributed by atoms with E-state index in [9.17, 15) is 36.2 Å². The highest BCUT2D eigenvalue weighted by molar-refractivity contribution is 6.32. The number of carboxylic acid groups (broad SMARTS) is 1. The first-order valence-corrected chi connectivity index (χ1v) is 13.8. The summed E-state index contributed by atoms with van der Waals surface area (Å²) in [5.41, 5.74) is -0.0402. The van der Waals surface area contributed by atoms with Gasteiger partial charge in [0.25, 0.3) is 0 Å². The quantitative estimate of drug-likeness (QED) is 0.200. The number of halogens is 7. The van der Waals surface area contributed by atoms with Crippen LogP contribution < -0.4 is 4.74 Å². The highest BCUT2D eigenvalue weighted by atomic mass is 35.5. The molecule has 0 amide bonds. The van der Waals surface area contributed by atoms with Crippen LogP contribution in [0.3, 0.4) is 0 Å². The predicted octanol–water partition coefficient (Wildman–Crippen LogP) is 7.63. The Labute approximate surface area is 252 Å². The van der Waals surface area contributed by atoms with Crippen molar-refractivity contribution in [3.8, 4) is 22.8 Å². The summed E-state index contributed by atoms with van der Waals surface area (Å²) in [6, 6.07) is 16.7. The molecule has 232 valence electrons. The van der Waals surface area contributed by atoms with Crippen LogP contribution in [0.2, 0.25) is 5.02 Å². The lowest BCUT2D eigenvalue weighted by Gasteiger charge is -2.32. The summed E-state index contributed by atoms with van der Waals surface area (Å²) >= 11 is 6.45. The molecule has 0 unspecified atom stereocenters. The molecule has 5 rings (SSSR count). The van der Waals surface area contributed by atoms with Crippen molar-refractivity contribution in [1.29, 1.82) is 0 Å². The van der Waals surface area contributed by atoms with Crippen LogP contribution in [0.4, 0.5) is 26.3 Å². The van der Waals surface area contributed by atoms with Crippen LogP contribution in [0.15, 0.2) is 66.9 Å². The zero-order chi connectivity index (χ0) is 31.6. The average molecular weight is 639 g/mol. The highest BCUT2D eigenvalue weighted by Gasteiger charge is 2.41.